The third-order valence-electron chi connectivity index (χ3n) is 6.71. The van der Waals surface area contributed by atoms with Crippen molar-refractivity contribution >= 4 is 68.0 Å². The van der Waals surface area contributed by atoms with Crippen LogP contribution in [-0.4, -0.2) is 55.3 Å². The molecule has 0 radical (unpaired) electrons. The van der Waals surface area contributed by atoms with Crippen molar-refractivity contribution < 1.29 is 27.7 Å². The van der Waals surface area contributed by atoms with E-state index in [1.165, 1.54) is 51.3 Å². The fraction of sp³-hybridized carbons (Fsp3) is 0.333. The van der Waals surface area contributed by atoms with Crippen LogP contribution < -0.4 is 14.4 Å². The van der Waals surface area contributed by atoms with Gasteiger partial charge in [0.2, 0.25) is 11.8 Å². The van der Waals surface area contributed by atoms with Gasteiger partial charge >= 0.3 is 0 Å². The van der Waals surface area contributed by atoms with E-state index in [1.54, 1.807) is 39.0 Å². The number of nitrogens with one attached hydrogen (secondary N) is 1. The number of carbonyl (C=O) groups is 2. The number of hydrogen-bond donors (Lipinski definition) is 1. The molecule has 15 heteroatoms. The molecular formula is C30H33Cl3N4O7S. The predicted octanol–water partition coefficient (Wildman–Crippen LogP) is 6.40. The van der Waals surface area contributed by atoms with Crippen LogP contribution in [0, 0.1) is 17.0 Å². The lowest BCUT2D eigenvalue weighted by Gasteiger charge is -2.34. The average molecular weight is 700 g/mol. The zero-order chi connectivity index (χ0) is 33.9. The van der Waals surface area contributed by atoms with Gasteiger partial charge < -0.3 is 15.0 Å². The van der Waals surface area contributed by atoms with Crippen LogP contribution in [0.4, 0.5) is 11.4 Å². The lowest BCUT2D eigenvalue weighted by molar-refractivity contribution is -0.385. The summed E-state index contributed by atoms with van der Waals surface area (Å²) in [6, 6.07) is 11.2. The lowest BCUT2D eigenvalue weighted by Crippen LogP contribution is -2.54. The summed E-state index contributed by atoms with van der Waals surface area (Å²) < 4.78 is 34.6. The van der Waals surface area contributed by atoms with Crippen molar-refractivity contribution in [2.24, 2.45) is 0 Å². The molecule has 242 valence electrons. The van der Waals surface area contributed by atoms with Gasteiger partial charge in [-0.05, 0) is 71.0 Å². The highest BCUT2D eigenvalue weighted by molar-refractivity contribution is 7.92. The number of benzene rings is 3. The molecule has 0 aliphatic rings. The number of rotatable bonds is 11. The summed E-state index contributed by atoms with van der Waals surface area (Å²) in [5.74, 6) is -1.27. The van der Waals surface area contributed by atoms with Crippen LogP contribution >= 0.6 is 34.8 Å². The molecule has 0 bridgehead atoms. The van der Waals surface area contributed by atoms with Crippen LogP contribution in [0.15, 0.2) is 59.5 Å². The summed E-state index contributed by atoms with van der Waals surface area (Å²) in [5.41, 5.74) is -0.602. The highest BCUT2D eigenvalue weighted by Crippen LogP contribution is 2.36. The second-order valence-electron chi connectivity index (χ2n) is 11.2. The van der Waals surface area contributed by atoms with Crippen molar-refractivity contribution in [3.8, 4) is 5.75 Å². The molecule has 0 spiro atoms. The number of nitro benzene ring substituents is 1. The maximum Gasteiger partial charge on any atom is 0.273 e. The summed E-state index contributed by atoms with van der Waals surface area (Å²) in [6.07, 6.45) is 0. The molecule has 0 saturated heterocycles. The highest BCUT2D eigenvalue weighted by Gasteiger charge is 2.36. The number of anilines is 1. The Bertz CT molecular complexity index is 1710. The van der Waals surface area contributed by atoms with E-state index >= 15 is 0 Å². The Morgan fingerprint density at radius 1 is 1.04 bits per heavy atom. The number of hydrogen-bond acceptors (Lipinski definition) is 7. The van der Waals surface area contributed by atoms with E-state index in [2.05, 4.69) is 5.32 Å². The number of sulfonamides is 1. The summed E-state index contributed by atoms with van der Waals surface area (Å²) in [5, 5.41) is 15.1. The molecule has 0 unspecified atom stereocenters. The molecule has 11 nitrogen and oxygen atoms in total. The van der Waals surface area contributed by atoms with Crippen molar-refractivity contribution in [2.75, 3.05) is 18.0 Å². The number of methoxy groups -OCH3 is 1. The molecule has 3 rings (SSSR count). The first-order valence-electron chi connectivity index (χ1n) is 13.5. The third-order valence-corrected chi connectivity index (χ3v) is 9.41. The van der Waals surface area contributed by atoms with Crippen LogP contribution in [-0.2, 0) is 26.2 Å². The number of halogens is 3. The van der Waals surface area contributed by atoms with Crippen molar-refractivity contribution in [1.29, 1.82) is 0 Å². The summed E-state index contributed by atoms with van der Waals surface area (Å²) in [7, 11) is -3.37. The SMILES string of the molecule is COc1ccc(Cl)cc1N(CC(=O)N(Cc1c(Cl)cccc1Cl)[C@H](C)C(=O)NC(C)(C)C)S(=O)(=O)c1ccc(C)c([N+](=O)[O-])c1. The molecule has 1 N–H and O–H groups in total. The van der Waals surface area contributed by atoms with Gasteiger partial charge in [-0.3, -0.25) is 24.0 Å². The third kappa shape index (κ3) is 8.57. The molecule has 0 heterocycles. The van der Waals surface area contributed by atoms with Gasteiger partial charge in [-0.1, -0.05) is 46.9 Å². The molecular weight excluding hydrogens is 667 g/mol. The fourth-order valence-electron chi connectivity index (χ4n) is 4.36. The molecule has 3 aromatic carbocycles. The van der Waals surface area contributed by atoms with Crippen LogP contribution in [0.1, 0.15) is 38.8 Å². The normalized spacial score (nSPS) is 12.3. The largest absolute Gasteiger partial charge is 0.495 e. The molecule has 0 fully saturated rings. The molecule has 0 aliphatic heterocycles. The van der Waals surface area contributed by atoms with Crippen LogP contribution in [0.3, 0.4) is 0 Å². The number of carbonyl (C=O) groups excluding carboxylic acids is 2. The molecule has 3 aromatic rings. The minimum Gasteiger partial charge on any atom is -0.495 e. The number of amides is 2. The first-order valence-corrected chi connectivity index (χ1v) is 16.1. The first kappa shape index (κ1) is 35.9. The minimum absolute atomic E-state index is 0.0524. The first-order chi connectivity index (χ1) is 20.9. The van der Waals surface area contributed by atoms with Crippen LogP contribution in [0.2, 0.25) is 15.1 Å². The summed E-state index contributed by atoms with van der Waals surface area (Å²) in [6.45, 7) is 7.19. The smallest absolute Gasteiger partial charge is 0.273 e. The molecule has 45 heavy (non-hydrogen) atoms. The number of nitrogens with zero attached hydrogens (tertiary/aromatic N) is 3. The van der Waals surface area contributed by atoms with Crippen molar-refractivity contribution in [2.45, 2.75) is 57.6 Å². The maximum absolute atomic E-state index is 14.2. The Balaban J connectivity index is 2.21. The predicted molar refractivity (Wildman–Crippen MR) is 175 cm³/mol. The number of nitro groups is 1. The Hall–Kier alpha value is -3.58. The van der Waals surface area contributed by atoms with Gasteiger partial charge in [0.1, 0.15) is 18.3 Å². The van der Waals surface area contributed by atoms with Crippen molar-refractivity contribution in [3.05, 3.63) is 90.9 Å². The van der Waals surface area contributed by atoms with Crippen molar-refractivity contribution in [3.63, 3.8) is 0 Å². The van der Waals surface area contributed by atoms with E-state index < -0.39 is 55.5 Å². The zero-order valence-corrected chi connectivity index (χ0v) is 28.5. The molecule has 0 saturated carbocycles. The minimum atomic E-state index is -4.68. The highest BCUT2D eigenvalue weighted by atomic mass is 35.5. The van der Waals surface area contributed by atoms with Gasteiger partial charge in [0.05, 0.1) is 22.6 Å². The topological polar surface area (TPSA) is 139 Å². The van der Waals surface area contributed by atoms with Gasteiger partial charge in [-0.15, -0.1) is 0 Å². The van der Waals surface area contributed by atoms with E-state index in [0.29, 0.717) is 5.56 Å². The van der Waals surface area contributed by atoms with Crippen molar-refractivity contribution in [1.82, 2.24) is 10.2 Å². The molecule has 0 aromatic heterocycles. The number of ether oxygens (including phenoxy) is 1. The van der Waals surface area contributed by atoms with Gasteiger partial charge in [0.25, 0.3) is 15.7 Å². The fourth-order valence-corrected chi connectivity index (χ4v) is 6.48. The van der Waals surface area contributed by atoms with Gasteiger partial charge in [0.15, 0.2) is 0 Å². The molecule has 0 aliphatic carbocycles. The number of aryl methyl sites for hydroxylation is 1. The standard InChI is InChI=1S/C30H33Cl3N4O7S/c1-18-10-12-21(15-25(18)37(40)41)45(42,43)36(26-14-20(31)11-13-27(26)44-6)17-28(38)35(19(2)29(39)34-30(3,4)5)16-22-23(32)8-7-9-24(22)33/h7-15,19H,16-17H2,1-6H3,(H,34,39)/t19-/m1/s1. The van der Waals surface area contributed by atoms with E-state index in [0.717, 1.165) is 15.3 Å². The second kappa shape index (κ2) is 14.2. The van der Waals surface area contributed by atoms with E-state index in [-0.39, 0.29) is 38.6 Å². The van der Waals surface area contributed by atoms with E-state index in [9.17, 15) is 28.1 Å². The maximum atomic E-state index is 14.2. The summed E-state index contributed by atoms with van der Waals surface area (Å²) in [4.78, 5) is 39.2. The van der Waals surface area contributed by atoms with Gasteiger partial charge in [0, 0.05) is 44.3 Å². The Labute approximate surface area is 277 Å². The van der Waals surface area contributed by atoms with E-state index in [4.69, 9.17) is 39.5 Å². The van der Waals surface area contributed by atoms with Crippen LogP contribution in [0.5, 0.6) is 5.75 Å². The Morgan fingerprint density at radius 3 is 2.22 bits per heavy atom. The van der Waals surface area contributed by atoms with E-state index in [1.807, 2.05) is 0 Å². The Kier molecular flexibility index (Phi) is 11.4. The average Bonchev–Trinajstić information content (AvgIpc) is 2.94. The Morgan fingerprint density at radius 2 is 1.67 bits per heavy atom. The zero-order valence-electron chi connectivity index (χ0n) is 25.4. The summed E-state index contributed by atoms with van der Waals surface area (Å²) >= 11 is 19.1. The monoisotopic (exact) mass is 698 g/mol. The quantitative estimate of drug-likeness (QED) is 0.181. The van der Waals surface area contributed by atoms with Gasteiger partial charge in [-0.25, -0.2) is 8.42 Å². The second-order valence-corrected chi connectivity index (χ2v) is 14.3. The lowest BCUT2D eigenvalue weighted by atomic mass is 10.1. The van der Waals surface area contributed by atoms with Gasteiger partial charge in [-0.2, -0.15) is 0 Å². The molecule has 1 atom stereocenters. The molecule has 2 amide bonds. The van der Waals surface area contributed by atoms with Crippen LogP contribution in [0.25, 0.3) is 0 Å².